The van der Waals surface area contributed by atoms with E-state index in [4.69, 9.17) is 11.6 Å². The van der Waals surface area contributed by atoms with E-state index in [9.17, 15) is 56.3 Å². The molecule has 11 amide bonds. The molecular weight excluding hydrogens is 1230 g/mol. The first-order valence-corrected chi connectivity index (χ1v) is 34.1. The smallest absolute Gasteiger partial charge is 0.351 e. The molecule has 0 aromatic heterocycles. The van der Waals surface area contributed by atoms with Gasteiger partial charge in [0, 0.05) is 61.3 Å². The number of alkyl halides is 3. The molecule has 8 atom stereocenters. The van der Waals surface area contributed by atoms with Gasteiger partial charge in [0.05, 0.1) is 30.2 Å². The Morgan fingerprint density at radius 2 is 1.18 bits per heavy atom. The molecule has 0 radical (unpaired) electrons. The summed E-state index contributed by atoms with van der Waals surface area (Å²) in [4.78, 5) is 169. The predicted octanol–water partition coefficient (Wildman–Crippen LogP) is 6.09. The van der Waals surface area contributed by atoms with Crippen LogP contribution in [0.5, 0.6) is 0 Å². The third-order valence-corrected chi connectivity index (χ3v) is 20.5. The van der Waals surface area contributed by atoms with E-state index in [0.717, 1.165) is 86.1 Å². The Balaban J connectivity index is 1.36. The molecule has 520 valence electrons. The van der Waals surface area contributed by atoms with Gasteiger partial charge >= 0.3 is 6.18 Å². The number of hydrogen-bond donors (Lipinski definition) is 4. The third-order valence-electron chi connectivity index (χ3n) is 20.2. The Morgan fingerprint density at radius 1 is 0.613 bits per heavy atom. The zero-order valence-corrected chi connectivity index (χ0v) is 57.4. The molecule has 5 fully saturated rings. The number of halogens is 4. The van der Waals surface area contributed by atoms with Gasteiger partial charge in [-0.25, -0.2) is 0 Å². The van der Waals surface area contributed by atoms with Gasteiger partial charge in [-0.3, -0.25) is 52.7 Å². The highest BCUT2D eigenvalue weighted by Gasteiger charge is 2.50. The molecule has 22 nitrogen and oxygen atoms in total. The van der Waals surface area contributed by atoms with Gasteiger partial charge in [-0.05, 0) is 99.7 Å². The fraction of sp³-hybridized carbons (Fsp3) is 0.746. The number of rotatable bonds is 10. The number of likely N-dealkylation sites (N-methyl/N-ethyl adjacent to an activating group) is 6. The van der Waals surface area contributed by atoms with Gasteiger partial charge in [0.1, 0.15) is 41.8 Å². The van der Waals surface area contributed by atoms with Gasteiger partial charge in [0.15, 0.2) is 0 Å². The van der Waals surface area contributed by atoms with Gasteiger partial charge in [-0.15, -0.1) is 0 Å². The van der Waals surface area contributed by atoms with Gasteiger partial charge in [0.25, 0.3) is 0 Å². The molecule has 2 heterocycles. The number of hydrogen-bond acceptors (Lipinski definition) is 11. The lowest BCUT2D eigenvalue weighted by atomic mass is 9.84. The minimum absolute atomic E-state index is 0.0356. The topological polar surface area (TPSA) is 259 Å². The van der Waals surface area contributed by atoms with Crippen molar-refractivity contribution in [2.45, 2.75) is 230 Å². The normalized spacial score (nSPS) is 27.0. The minimum Gasteiger partial charge on any atom is -0.351 e. The standard InChI is InChI=1S/C67H103ClF3N11O11/c1-12-42(4)57-64(92)78(8)39-55(85)76(6)40-56(86)80(10)52(37-45-24-17-14-18-25-45)63(91)77(7)38-53(83)73-49(30-28-46-27-29-47(48(68)35-46)67(69,70)71)62(90)82-33-21-26-50(82)60(88)75-66(31-19-20-32-66)65(93)81(11)58(41(2)3)61(89)72-43(5)34-54(84)79(9)51(59(87)74-57)36-44-22-15-13-16-23-44/h27,29,35,41-45,49-52,57-58H,12-26,28,30-34,36-40H2,1-11H3,(H,72,89)(H,73,83)(H,74,87)(H,75,88)/t42-,43+,49-,50-,51-,52-,57-,58-/m0/s1. The van der Waals surface area contributed by atoms with Gasteiger partial charge in [-0.2, -0.15) is 13.2 Å². The quantitative estimate of drug-likeness (QED) is 0.209. The van der Waals surface area contributed by atoms with E-state index in [1.54, 1.807) is 27.7 Å². The van der Waals surface area contributed by atoms with Crippen LogP contribution in [0.3, 0.4) is 0 Å². The number of aryl methyl sites for hydroxylation is 1. The van der Waals surface area contributed by atoms with Crippen LogP contribution in [0, 0.1) is 23.7 Å². The van der Waals surface area contributed by atoms with E-state index < -0.39 is 161 Å². The first-order chi connectivity index (χ1) is 43.8. The van der Waals surface area contributed by atoms with Gasteiger partial charge in [0.2, 0.25) is 65.0 Å². The van der Waals surface area contributed by atoms with Crippen LogP contribution >= 0.6 is 11.6 Å². The summed E-state index contributed by atoms with van der Waals surface area (Å²) < 4.78 is 41.3. The molecule has 5 aliphatic rings. The van der Waals surface area contributed by atoms with Gasteiger partial charge < -0.3 is 55.6 Å². The van der Waals surface area contributed by atoms with Crippen molar-refractivity contribution in [3.63, 3.8) is 0 Å². The third kappa shape index (κ3) is 19.8. The number of benzene rings is 1. The molecule has 26 heteroatoms. The number of nitrogens with one attached hydrogen (secondary N) is 4. The van der Waals surface area contributed by atoms with Crippen molar-refractivity contribution >= 4 is 76.6 Å². The maximum Gasteiger partial charge on any atom is 0.417 e. The molecule has 2 saturated heterocycles. The predicted molar refractivity (Wildman–Crippen MR) is 344 cm³/mol. The maximum atomic E-state index is 15.1. The molecule has 6 rings (SSSR count). The largest absolute Gasteiger partial charge is 0.417 e. The summed E-state index contributed by atoms with van der Waals surface area (Å²) in [6, 6.07) is -4.50. The second-order valence-electron chi connectivity index (χ2n) is 27.7. The summed E-state index contributed by atoms with van der Waals surface area (Å²) in [6.07, 6.45) is 6.90. The van der Waals surface area contributed by atoms with Crippen molar-refractivity contribution in [2.24, 2.45) is 23.7 Å². The monoisotopic (exact) mass is 1330 g/mol. The van der Waals surface area contributed by atoms with Crippen LogP contribution < -0.4 is 21.3 Å². The van der Waals surface area contributed by atoms with Crippen LogP contribution in [-0.2, 0) is 65.3 Å². The molecule has 93 heavy (non-hydrogen) atoms. The molecule has 1 aromatic rings. The molecule has 4 N–H and O–H groups in total. The number of fused-ring (bicyclic) bond motifs is 1. The number of nitrogens with zero attached hydrogens (tertiary/aromatic N) is 7. The van der Waals surface area contributed by atoms with E-state index in [2.05, 4.69) is 21.3 Å². The molecular formula is C67H103ClF3N11O11. The lowest BCUT2D eigenvalue weighted by Gasteiger charge is -2.39. The first kappa shape index (κ1) is 75.5. The number of carbonyl (C=O) groups excluding carboxylic acids is 11. The summed E-state index contributed by atoms with van der Waals surface area (Å²) >= 11 is 6.12. The molecule has 3 aliphatic carbocycles. The van der Waals surface area contributed by atoms with Crippen molar-refractivity contribution in [3.05, 3.63) is 34.3 Å². The molecule has 0 unspecified atom stereocenters. The van der Waals surface area contributed by atoms with Crippen LogP contribution in [0.25, 0.3) is 0 Å². The van der Waals surface area contributed by atoms with Gasteiger partial charge in [-0.1, -0.05) is 129 Å². The molecule has 1 spiro atoms. The second kappa shape index (κ2) is 33.7. The Labute approximate surface area is 552 Å². The van der Waals surface area contributed by atoms with Crippen molar-refractivity contribution in [2.75, 3.05) is 68.5 Å². The summed E-state index contributed by atoms with van der Waals surface area (Å²) in [7, 11) is 8.67. The Morgan fingerprint density at radius 3 is 1.75 bits per heavy atom. The van der Waals surface area contributed by atoms with E-state index in [1.807, 2.05) is 6.92 Å². The summed E-state index contributed by atoms with van der Waals surface area (Å²) in [5.74, 6) is -7.42. The van der Waals surface area contributed by atoms with E-state index >= 15 is 9.59 Å². The molecule has 1 aromatic carbocycles. The number of carbonyl (C=O) groups is 11. The molecule has 0 bridgehead atoms. The van der Waals surface area contributed by atoms with Crippen LogP contribution in [0.15, 0.2) is 18.2 Å². The summed E-state index contributed by atoms with van der Waals surface area (Å²) in [5.41, 5.74) is -2.24. The van der Waals surface area contributed by atoms with Crippen molar-refractivity contribution < 1.29 is 65.9 Å². The minimum atomic E-state index is -4.74. The zero-order valence-electron chi connectivity index (χ0n) is 56.6. The fourth-order valence-electron chi connectivity index (χ4n) is 14.3. The Bertz CT molecular complexity index is 2850. The van der Waals surface area contributed by atoms with E-state index in [-0.39, 0.29) is 63.3 Å². The number of amides is 11. The average Bonchev–Trinajstić information content (AvgIpc) is 1.73. The second-order valence-corrected chi connectivity index (χ2v) is 28.1. The molecule has 3 saturated carbocycles. The lowest BCUT2D eigenvalue weighted by molar-refractivity contribution is -0.149. The molecule has 2 aliphatic heterocycles. The lowest BCUT2D eigenvalue weighted by Crippen LogP contribution is -2.64. The zero-order chi connectivity index (χ0) is 68.8. The highest BCUT2D eigenvalue weighted by atomic mass is 35.5. The first-order valence-electron chi connectivity index (χ1n) is 33.7. The maximum absolute atomic E-state index is 15.1. The summed E-state index contributed by atoms with van der Waals surface area (Å²) in [5, 5.41) is 11.1. The van der Waals surface area contributed by atoms with E-state index in [0.29, 0.717) is 37.7 Å². The van der Waals surface area contributed by atoms with Crippen molar-refractivity contribution in [1.29, 1.82) is 0 Å². The highest BCUT2D eigenvalue weighted by Crippen LogP contribution is 2.37. The van der Waals surface area contributed by atoms with E-state index in [1.165, 1.54) is 72.9 Å². The SMILES string of the molecule is CC[C@H](C)[C@@H]1NC(=O)[C@H](CC2CCCCC2)N(C)C(=O)C[C@@H](C)NC(=O)[C@H](C(C)C)N(C)C(=O)C2(CCCC2)NC(=O)[C@@H]2CCCN2C(=O)[C@H](CCc2ccc(C(F)(F)F)c(Cl)c2)NC(=O)CN(C)C(=O)[C@H](CC2CCCCC2)N(C)C(=O)CN(C)C(=O)CN(C)C1=O. The van der Waals surface area contributed by atoms with Crippen molar-refractivity contribution in [1.82, 2.24) is 55.6 Å². The van der Waals surface area contributed by atoms with Crippen LogP contribution in [0.1, 0.15) is 181 Å². The van der Waals surface area contributed by atoms with Crippen molar-refractivity contribution in [3.8, 4) is 0 Å². The average molecular weight is 1330 g/mol. The summed E-state index contributed by atoms with van der Waals surface area (Å²) in [6.45, 7) is 7.32. The Hall–Kier alpha value is -6.53. The Kier molecular flexibility index (Phi) is 27.4. The van der Waals surface area contributed by atoms with Crippen LogP contribution in [-0.4, -0.2) is 216 Å². The van der Waals surface area contributed by atoms with Crippen LogP contribution in [0.4, 0.5) is 13.2 Å². The fourth-order valence-corrected chi connectivity index (χ4v) is 14.6. The van der Waals surface area contributed by atoms with Crippen LogP contribution in [0.2, 0.25) is 5.02 Å². The highest BCUT2D eigenvalue weighted by molar-refractivity contribution is 6.31.